The van der Waals surface area contributed by atoms with Gasteiger partial charge in [0.15, 0.2) is 5.75 Å². The van der Waals surface area contributed by atoms with Crippen LogP contribution in [-0.4, -0.2) is 40.1 Å². The van der Waals surface area contributed by atoms with Gasteiger partial charge in [-0.25, -0.2) is 0 Å². The lowest BCUT2D eigenvalue weighted by Gasteiger charge is -2.39. The number of methoxy groups -OCH3 is 4. The molecule has 26 heavy (non-hydrogen) atoms. The largest absolute Gasteiger partial charge is 0.498 e. The van der Waals surface area contributed by atoms with Crippen LogP contribution in [0.1, 0.15) is 30.9 Å². The Labute approximate surface area is 154 Å². The third-order valence-electron chi connectivity index (χ3n) is 5.36. The molecule has 1 aromatic rings. The SMILES string of the molecule is COC1=C2C(=CC(C)(OC)C1OC)CCCc1cc(=O)c(OC)ccc12. The average molecular weight is 358 g/mol. The van der Waals surface area contributed by atoms with Crippen molar-refractivity contribution >= 4 is 5.57 Å². The van der Waals surface area contributed by atoms with Crippen molar-refractivity contribution in [1.82, 2.24) is 0 Å². The van der Waals surface area contributed by atoms with Crippen molar-refractivity contribution in [2.45, 2.75) is 37.9 Å². The molecule has 0 heterocycles. The topological polar surface area (TPSA) is 54.0 Å². The minimum absolute atomic E-state index is 0.110. The van der Waals surface area contributed by atoms with Crippen molar-refractivity contribution in [3.05, 3.63) is 57.0 Å². The Morgan fingerprint density at radius 2 is 1.85 bits per heavy atom. The maximum atomic E-state index is 12.4. The maximum Gasteiger partial charge on any atom is 0.220 e. The highest BCUT2D eigenvalue weighted by Crippen LogP contribution is 2.44. The van der Waals surface area contributed by atoms with E-state index in [4.69, 9.17) is 18.9 Å². The number of fused-ring (bicyclic) bond motifs is 3. The van der Waals surface area contributed by atoms with Gasteiger partial charge in [-0.3, -0.25) is 4.79 Å². The van der Waals surface area contributed by atoms with Crippen LogP contribution in [-0.2, 0) is 20.6 Å². The predicted molar refractivity (Wildman–Crippen MR) is 100 cm³/mol. The number of allylic oxidation sites excluding steroid dienone is 2. The van der Waals surface area contributed by atoms with Gasteiger partial charge in [0.05, 0.1) is 14.2 Å². The number of rotatable bonds is 4. The Balaban J connectivity index is 2.32. The Morgan fingerprint density at radius 3 is 2.46 bits per heavy atom. The highest BCUT2D eigenvalue weighted by Gasteiger charge is 2.43. The molecule has 0 aromatic heterocycles. The first kappa shape index (κ1) is 18.7. The van der Waals surface area contributed by atoms with E-state index in [-0.39, 0.29) is 11.5 Å². The van der Waals surface area contributed by atoms with Gasteiger partial charge in [0, 0.05) is 19.8 Å². The Bertz CT molecular complexity index is 824. The molecule has 1 aromatic carbocycles. The zero-order chi connectivity index (χ0) is 18.9. The van der Waals surface area contributed by atoms with Crippen molar-refractivity contribution in [1.29, 1.82) is 0 Å². The van der Waals surface area contributed by atoms with Crippen molar-refractivity contribution < 1.29 is 18.9 Å². The van der Waals surface area contributed by atoms with Crippen LogP contribution in [0.5, 0.6) is 5.75 Å². The summed E-state index contributed by atoms with van der Waals surface area (Å²) in [4.78, 5) is 12.4. The second-order valence-electron chi connectivity index (χ2n) is 6.82. The first-order valence-corrected chi connectivity index (χ1v) is 8.79. The Hall–Kier alpha value is -2.11. The van der Waals surface area contributed by atoms with Gasteiger partial charge < -0.3 is 18.9 Å². The van der Waals surface area contributed by atoms with E-state index in [1.54, 1.807) is 33.5 Å². The van der Waals surface area contributed by atoms with E-state index in [0.717, 1.165) is 47.3 Å². The molecule has 0 radical (unpaired) electrons. The summed E-state index contributed by atoms with van der Waals surface area (Å²) >= 11 is 0. The van der Waals surface area contributed by atoms with Crippen molar-refractivity contribution in [2.24, 2.45) is 0 Å². The molecular formula is C21H26O5. The zero-order valence-corrected chi connectivity index (χ0v) is 16.0. The number of hydrogen-bond donors (Lipinski definition) is 0. The van der Waals surface area contributed by atoms with Crippen LogP contribution < -0.4 is 10.2 Å². The highest BCUT2D eigenvalue weighted by atomic mass is 16.6. The second-order valence-corrected chi connectivity index (χ2v) is 6.82. The standard InChI is InChI=1S/C21H26O5/c1-21(26-5)12-14-8-6-7-13-11-16(22)17(23-2)10-9-15(13)18(14)19(24-3)20(21)25-4/h9-12,20H,6-8H2,1-5H3. The molecule has 0 bridgehead atoms. The van der Waals surface area contributed by atoms with E-state index in [9.17, 15) is 4.79 Å². The molecule has 0 amide bonds. The van der Waals surface area contributed by atoms with Crippen molar-refractivity contribution in [2.75, 3.05) is 28.4 Å². The van der Waals surface area contributed by atoms with Gasteiger partial charge in [-0.05, 0) is 61.1 Å². The molecule has 2 unspecified atom stereocenters. The van der Waals surface area contributed by atoms with E-state index in [1.165, 1.54) is 7.11 Å². The van der Waals surface area contributed by atoms with Crippen LogP contribution in [0.2, 0.25) is 0 Å². The van der Waals surface area contributed by atoms with Gasteiger partial charge >= 0.3 is 0 Å². The van der Waals surface area contributed by atoms with E-state index < -0.39 is 5.60 Å². The molecule has 5 nitrogen and oxygen atoms in total. The average Bonchev–Trinajstić information content (AvgIpc) is 2.89. The lowest BCUT2D eigenvalue weighted by molar-refractivity contribution is -0.0780. The van der Waals surface area contributed by atoms with Crippen LogP contribution in [0, 0.1) is 0 Å². The minimum Gasteiger partial charge on any atom is -0.498 e. The molecule has 5 heteroatoms. The van der Waals surface area contributed by atoms with E-state index in [2.05, 4.69) is 6.08 Å². The second kappa shape index (κ2) is 7.25. The van der Waals surface area contributed by atoms with Gasteiger partial charge in [0.25, 0.3) is 0 Å². The van der Waals surface area contributed by atoms with E-state index in [0.29, 0.717) is 5.75 Å². The fourth-order valence-corrected chi connectivity index (χ4v) is 4.01. The predicted octanol–water partition coefficient (Wildman–Crippen LogP) is 3.11. The minimum atomic E-state index is -0.609. The summed E-state index contributed by atoms with van der Waals surface area (Å²) in [6.07, 6.45) is 4.42. The van der Waals surface area contributed by atoms with Crippen molar-refractivity contribution in [3.63, 3.8) is 0 Å². The monoisotopic (exact) mass is 358 g/mol. The fourth-order valence-electron chi connectivity index (χ4n) is 4.01. The van der Waals surface area contributed by atoms with Gasteiger partial charge in [-0.2, -0.15) is 0 Å². The fraction of sp³-hybridized carbons (Fsp3) is 0.476. The molecule has 3 rings (SSSR count). The first-order chi connectivity index (χ1) is 12.5. The third kappa shape index (κ3) is 2.95. The molecule has 0 spiro atoms. The first-order valence-electron chi connectivity index (χ1n) is 8.79. The van der Waals surface area contributed by atoms with Crippen LogP contribution in [0.4, 0.5) is 0 Å². The molecule has 0 aliphatic heterocycles. The lowest BCUT2D eigenvalue weighted by atomic mass is 9.80. The Kier molecular flexibility index (Phi) is 5.21. The summed E-state index contributed by atoms with van der Waals surface area (Å²) in [7, 11) is 6.50. The molecule has 0 saturated carbocycles. The molecule has 2 atom stereocenters. The van der Waals surface area contributed by atoms with E-state index >= 15 is 0 Å². The van der Waals surface area contributed by atoms with Crippen LogP contribution in [0.25, 0.3) is 5.57 Å². The zero-order valence-electron chi connectivity index (χ0n) is 16.0. The highest BCUT2D eigenvalue weighted by molar-refractivity contribution is 5.85. The number of ether oxygens (including phenoxy) is 4. The number of hydrogen-bond acceptors (Lipinski definition) is 5. The van der Waals surface area contributed by atoms with Crippen LogP contribution in [0.3, 0.4) is 0 Å². The molecule has 2 aliphatic rings. The van der Waals surface area contributed by atoms with Gasteiger partial charge in [-0.1, -0.05) is 6.07 Å². The molecule has 0 N–H and O–H groups in total. The number of aryl methyl sites for hydroxylation is 1. The summed E-state index contributed by atoms with van der Waals surface area (Å²) in [5.74, 6) is 1.07. The van der Waals surface area contributed by atoms with E-state index in [1.807, 2.05) is 13.0 Å². The Morgan fingerprint density at radius 1 is 1.08 bits per heavy atom. The lowest BCUT2D eigenvalue weighted by Crippen LogP contribution is -2.45. The van der Waals surface area contributed by atoms with Gasteiger partial charge in [0.2, 0.25) is 5.43 Å². The normalized spacial score (nSPS) is 25.0. The summed E-state index contributed by atoms with van der Waals surface area (Å²) in [6, 6.07) is 5.37. The molecular weight excluding hydrogens is 332 g/mol. The van der Waals surface area contributed by atoms with Gasteiger partial charge in [-0.15, -0.1) is 0 Å². The smallest absolute Gasteiger partial charge is 0.220 e. The summed E-state index contributed by atoms with van der Waals surface area (Å²) in [5.41, 5.74) is 3.44. The maximum absolute atomic E-state index is 12.4. The summed E-state index contributed by atoms with van der Waals surface area (Å²) in [6.45, 7) is 2.00. The summed E-state index contributed by atoms with van der Waals surface area (Å²) in [5, 5.41) is 0. The molecule has 140 valence electrons. The quantitative estimate of drug-likeness (QED) is 0.828. The van der Waals surface area contributed by atoms with Crippen LogP contribution in [0.15, 0.2) is 40.4 Å². The molecule has 0 saturated heterocycles. The third-order valence-corrected chi connectivity index (χ3v) is 5.36. The molecule has 2 aliphatic carbocycles. The van der Waals surface area contributed by atoms with Gasteiger partial charge in [0.1, 0.15) is 17.5 Å². The van der Waals surface area contributed by atoms with Crippen LogP contribution >= 0.6 is 0 Å². The summed E-state index contributed by atoms with van der Waals surface area (Å²) < 4.78 is 22.6. The van der Waals surface area contributed by atoms with Crippen molar-refractivity contribution in [3.8, 4) is 5.75 Å². The molecule has 0 fully saturated rings.